The van der Waals surface area contributed by atoms with Crippen molar-refractivity contribution in [3.05, 3.63) is 78.0 Å². The molecule has 1 aliphatic heterocycles. The summed E-state index contributed by atoms with van der Waals surface area (Å²) in [5, 5.41) is 0. The van der Waals surface area contributed by atoms with Gasteiger partial charge in [0.1, 0.15) is 5.52 Å². The summed E-state index contributed by atoms with van der Waals surface area (Å²) in [6.45, 7) is 0.430. The number of fused-ring (bicyclic) bond motifs is 2. The second-order valence-corrected chi connectivity index (χ2v) is 5.86. The van der Waals surface area contributed by atoms with Crippen molar-refractivity contribution in [1.82, 2.24) is 24.8 Å². The standard InChI is InChI=1S/C18H13N5O2/c24-18(11-5-7-19-8-6-11)23-9-13-15(21-10-20-13)16(23)17-22-12-3-1-2-4-14(12)25-17/h1-8,10,16H,9H2,(H,20,21)/t16-/m1/s1. The van der Waals surface area contributed by atoms with Crippen LogP contribution in [-0.4, -0.2) is 30.7 Å². The van der Waals surface area contributed by atoms with Crippen LogP contribution in [-0.2, 0) is 6.54 Å². The Balaban J connectivity index is 1.61. The summed E-state index contributed by atoms with van der Waals surface area (Å²) in [5.74, 6) is 0.357. The van der Waals surface area contributed by atoms with E-state index in [1.54, 1.807) is 35.8 Å². The molecule has 3 aromatic heterocycles. The number of rotatable bonds is 2. The highest BCUT2D eigenvalue weighted by Crippen LogP contribution is 2.38. The van der Waals surface area contributed by atoms with Crippen LogP contribution in [0, 0.1) is 0 Å². The molecule has 7 heteroatoms. The van der Waals surface area contributed by atoms with Crippen LogP contribution >= 0.6 is 0 Å². The lowest BCUT2D eigenvalue weighted by atomic mass is 10.2. The third kappa shape index (κ3) is 2.13. The van der Waals surface area contributed by atoms with Crippen LogP contribution in [0.1, 0.15) is 33.7 Å². The quantitative estimate of drug-likeness (QED) is 0.610. The lowest BCUT2D eigenvalue weighted by Gasteiger charge is -2.22. The van der Waals surface area contributed by atoms with E-state index in [1.807, 2.05) is 24.3 Å². The summed E-state index contributed by atoms with van der Waals surface area (Å²) >= 11 is 0. The maximum Gasteiger partial charge on any atom is 0.255 e. The number of imidazole rings is 1. The van der Waals surface area contributed by atoms with Crippen LogP contribution in [0.5, 0.6) is 0 Å². The summed E-state index contributed by atoms with van der Waals surface area (Å²) in [7, 11) is 0. The van der Waals surface area contributed by atoms with Crippen LogP contribution in [0.15, 0.2) is 59.5 Å². The summed E-state index contributed by atoms with van der Waals surface area (Å²) in [6, 6.07) is 10.5. The summed E-state index contributed by atoms with van der Waals surface area (Å²) < 4.78 is 5.92. The van der Waals surface area contributed by atoms with Gasteiger partial charge in [-0.1, -0.05) is 12.1 Å². The predicted octanol–water partition coefficient (Wildman–Crippen LogP) is 2.69. The van der Waals surface area contributed by atoms with E-state index < -0.39 is 6.04 Å². The van der Waals surface area contributed by atoms with Crippen molar-refractivity contribution >= 4 is 17.0 Å². The largest absolute Gasteiger partial charge is 0.438 e. The Kier molecular flexibility index (Phi) is 2.93. The monoisotopic (exact) mass is 331 g/mol. The molecule has 1 N–H and O–H groups in total. The van der Waals surface area contributed by atoms with Crippen molar-refractivity contribution in [2.24, 2.45) is 0 Å². The summed E-state index contributed by atoms with van der Waals surface area (Å²) in [4.78, 5) is 30.7. The molecule has 25 heavy (non-hydrogen) atoms. The highest BCUT2D eigenvalue weighted by atomic mass is 16.4. The first-order chi connectivity index (χ1) is 12.3. The smallest absolute Gasteiger partial charge is 0.255 e. The minimum absolute atomic E-state index is 0.110. The van der Waals surface area contributed by atoms with Gasteiger partial charge >= 0.3 is 0 Å². The van der Waals surface area contributed by atoms with Crippen LogP contribution in [0.4, 0.5) is 0 Å². The molecule has 4 heterocycles. The van der Waals surface area contributed by atoms with Crippen LogP contribution in [0.25, 0.3) is 11.1 Å². The van der Waals surface area contributed by atoms with E-state index in [9.17, 15) is 4.79 Å². The minimum Gasteiger partial charge on any atom is -0.438 e. The van der Waals surface area contributed by atoms with Crippen molar-refractivity contribution in [2.75, 3.05) is 0 Å². The molecule has 0 aliphatic carbocycles. The number of carbonyl (C=O) groups is 1. The molecule has 0 unspecified atom stereocenters. The third-order valence-corrected chi connectivity index (χ3v) is 4.38. The number of aromatic amines is 1. The third-order valence-electron chi connectivity index (χ3n) is 4.38. The Morgan fingerprint density at radius 2 is 2.04 bits per heavy atom. The highest BCUT2D eigenvalue weighted by molar-refractivity contribution is 5.94. The first-order valence-electron chi connectivity index (χ1n) is 7.90. The number of H-pyrrole nitrogens is 1. The van der Waals surface area contributed by atoms with Gasteiger partial charge in [0.25, 0.3) is 5.91 Å². The van der Waals surface area contributed by atoms with Crippen molar-refractivity contribution in [2.45, 2.75) is 12.6 Å². The molecule has 0 bridgehead atoms. The number of amides is 1. The predicted molar refractivity (Wildman–Crippen MR) is 88.6 cm³/mol. The second-order valence-electron chi connectivity index (χ2n) is 5.86. The average Bonchev–Trinajstić information content (AvgIpc) is 3.34. The number of carbonyl (C=O) groups excluding carboxylic acids is 1. The fraction of sp³-hybridized carbons (Fsp3) is 0.111. The molecule has 7 nitrogen and oxygen atoms in total. The molecule has 0 fully saturated rings. The molecule has 5 rings (SSSR count). The minimum atomic E-state index is -0.450. The van der Waals surface area contributed by atoms with Crippen LogP contribution < -0.4 is 0 Å². The lowest BCUT2D eigenvalue weighted by molar-refractivity contribution is 0.0696. The first kappa shape index (κ1) is 13.9. The Morgan fingerprint density at radius 1 is 1.20 bits per heavy atom. The van der Waals surface area contributed by atoms with Gasteiger partial charge in [0.2, 0.25) is 5.89 Å². The van der Waals surface area contributed by atoms with Gasteiger partial charge in [0.15, 0.2) is 11.6 Å². The zero-order valence-corrected chi connectivity index (χ0v) is 13.1. The number of oxazole rings is 1. The zero-order valence-electron chi connectivity index (χ0n) is 13.1. The molecule has 0 saturated carbocycles. The van der Waals surface area contributed by atoms with Crippen LogP contribution in [0.2, 0.25) is 0 Å². The summed E-state index contributed by atoms with van der Waals surface area (Å²) in [6.07, 6.45) is 4.85. The Morgan fingerprint density at radius 3 is 2.88 bits per heavy atom. The van der Waals surface area contributed by atoms with Crippen molar-refractivity contribution in [3.63, 3.8) is 0 Å². The molecule has 4 aromatic rings. The number of hydrogen-bond acceptors (Lipinski definition) is 5. The van der Waals surface area contributed by atoms with Gasteiger partial charge < -0.3 is 14.3 Å². The van der Waals surface area contributed by atoms with E-state index in [4.69, 9.17) is 4.42 Å². The molecule has 0 radical (unpaired) electrons. The maximum atomic E-state index is 13.0. The fourth-order valence-electron chi connectivity index (χ4n) is 3.21. The molecule has 122 valence electrons. The normalized spacial score (nSPS) is 16.3. The Hall–Kier alpha value is -3.48. The Bertz CT molecular complexity index is 1040. The van der Waals surface area contributed by atoms with E-state index in [-0.39, 0.29) is 5.91 Å². The molecule has 0 saturated heterocycles. The van der Waals surface area contributed by atoms with Gasteiger partial charge in [0, 0.05) is 18.0 Å². The molecule has 1 aromatic carbocycles. The lowest BCUT2D eigenvalue weighted by Crippen LogP contribution is -2.30. The van der Waals surface area contributed by atoms with Gasteiger partial charge in [-0.15, -0.1) is 0 Å². The first-order valence-corrected chi connectivity index (χ1v) is 7.90. The molecule has 1 aliphatic rings. The van der Waals surface area contributed by atoms with Crippen molar-refractivity contribution in [3.8, 4) is 0 Å². The number of benzene rings is 1. The number of nitrogens with zero attached hydrogens (tertiary/aromatic N) is 4. The van der Waals surface area contributed by atoms with E-state index in [0.717, 1.165) is 16.9 Å². The van der Waals surface area contributed by atoms with E-state index in [0.29, 0.717) is 23.6 Å². The van der Waals surface area contributed by atoms with E-state index in [2.05, 4.69) is 19.9 Å². The number of nitrogens with one attached hydrogen (secondary N) is 1. The highest BCUT2D eigenvalue weighted by Gasteiger charge is 2.40. The molecular weight excluding hydrogens is 318 g/mol. The number of pyridine rings is 1. The SMILES string of the molecule is O=C(c1ccncc1)N1Cc2[nH]cnc2[C@@H]1c1nc2ccccc2o1. The van der Waals surface area contributed by atoms with Crippen LogP contribution in [0.3, 0.4) is 0 Å². The topological polar surface area (TPSA) is 87.9 Å². The molecule has 1 amide bonds. The number of hydrogen-bond donors (Lipinski definition) is 1. The Labute approximate surface area is 142 Å². The zero-order chi connectivity index (χ0) is 16.8. The van der Waals surface area contributed by atoms with Crippen molar-refractivity contribution in [1.29, 1.82) is 0 Å². The maximum absolute atomic E-state index is 13.0. The van der Waals surface area contributed by atoms with Crippen molar-refractivity contribution < 1.29 is 9.21 Å². The molecule has 0 spiro atoms. The van der Waals surface area contributed by atoms with Gasteiger partial charge in [0.05, 0.1) is 24.3 Å². The van der Waals surface area contributed by atoms with Gasteiger partial charge in [-0.3, -0.25) is 9.78 Å². The number of aromatic nitrogens is 4. The van der Waals surface area contributed by atoms with Gasteiger partial charge in [-0.05, 0) is 24.3 Å². The second kappa shape index (κ2) is 5.27. The van der Waals surface area contributed by atoms with E-state index >= 15 is 0 Å². The molecular formula is C18H13N5O2. The van der Waals surface area contributed by atoms with E-state index in [1.165, 1.54) is 0 Å². The average molecular weight is 331 g/mol. The fourth-order valence-corrected chi connectivity index (χ4v) is 3.21. The summed E-state index contributed by atoms with van der Waals surface area (Å²) in [5.41, 5.74) is 3.69. The van der Waals surface area contributed by atoms with Gasteiger partial charge in [-0.2, -0.15) is 0 Å². The van der Waals surface area contributed by atoms with Gasteiger partial charge in [-0.25, -0.2) is 9.97 Å². The number of para-hydroxylation sites is 2. The molecule has 1 atom stereocenters.